The van der Waals surface area contributed by atoms with Gasteiger partial charge in [-0.15, -0.1) is 0 Å². The highest BCUT2D eigenvalue weighted by molar-refractivity contribution is 5.14. The Bertz CT molecular complexity index is 317. The summed E-state index contributed by atoms with van der Waals surface area (Å²) in [6, 6.07) is 10.8. The van der Waals surface area contributed by atoms with Gasteiger partial charge in [-0.2, -0.15) is 0 Å². The lowest BCUT2D eigenvalue weighted by molar-refractivity contribution is 0.239. The lowest BCUT2D eigenvalue weighted by Crippen LogP contribution is -2.33. The number of nitrogens with zero attached hydrogens (tertiary/aromatic N) is 1. The Balaban J connectivity index is 1.75. The average Bonchev–Trinajstić information content (AvgIpc) is 2.45. The van der Waals surface area contributed by atoms with Crippen molar-refractivity contribution in [3.8, 4) is 0 Å². The number of nitrogens with one attached hydrogen (secondary N) is 1. The van der Waals surface area contributed by atoms with Crippen LogP contribution in [0, 0.1) is 5.92 Å². The summed E-state index contributed by atoms with van der Waals surface area (Å²) in [6.45, 7) is 8.19. The molecule has 1 saturated heterocycles. The van der Waals surface area contributed by atoms with E-state index < -0.39 is 0 Å². The molecule has 100 valence electrons. The van der Waals surface area contributed by atoms with Gasteiger partial charge in [-0.25, -0.2) is 0 Å². The van der Waals surface area contributed by atoms with Gasteiger partial charge < -0.3 is 5.32 Å². The fraction of sp³-hybridized carbons (Fsp3) is 0.625. The van der Waals surface area contributed by atoms with Crippen LogP contribution in [0.2, 0.25) is 0 Å². The largest absolute Gasteiger partial charge is 0.316 e. The van der Waals surface area contributed by atoms with Crippen LogP contribution in [0.1, 0.15) is 31.7 Å². The van der Waals surface area contributed by atoms with E-state index in [9.17, 15) is 0 Å². The van der Waals surface area contributed by atoms with Gasteiger partial charge in [-0.1, -0.05) is 37.3 Å². The molecule has 1 N–H and O–H groups in total. The first-order chi connectivity index (χ1) is 8.88. The maximum absolute atomic E-state index is 3.51. The van der Waals surface area contributed by atoms with Crippen molar-refractivity contribution >= 4 is 0 Å². The van der Waals surface area contributed by atoms with Crippen molar-refractivity contribution in [2.24, 2.45) is 5.92 Å². The smallest absolute Gasteiger partial charge is 0.0233 e. The minimum atomic E-state index is 0.892. The molecule has 18 heavy (non-hydrogen) atoms. The van der Waals surface area contributed by atoms with E-state index in [1.54, 1.807) is 0 Å². The molecule has 0 aromatic heterocycles. The Morgan fingerprint density at radius 2 is 2.11 bits per heavy atom. The lowest BCUT2D eigenvalue weighted by atomic mass is 9.96. The number of benzene rings is 1. The van der Waals surface area contributed by atoms with E-state index in [1.807, 2.05) is 0 Å². The molecular formula is C16H26N2. The zero-order chi connectivity index (χ0) is 12.6. The Kier molecular flexibility index (Phi) is 5.69. The third-order valence-electron chi connectivity index (χ3n) is 3.95. The maximum atomic E-state index is 3.51. The molecule has 2 heteroatoms. The molecule has 0 aliphatic carbocycles. The van der Waals surface area contributed by atoms with E-state index in [0.29, 0.717) is 0 Å². The van der Waals surface area contributed by atoms with Crippen molar-refractivity contribution in [3.63, 3.8) is 0 Å². The molecule has 1 fully saturated rings. The first-order valence-corrected chi connectivity index (χ1v) is 7.35. The molecular weight excluding hydrogens is 220 g/mol. The first-order valence-electron chi connectivity index (χ1n) is 7.35. The highest BCUT2D eigenvalue weighted by Crippen LogP contribution is 2.15. The summed E-state index contributed by atoms with van der Waals surface area (Å²) in [7, 11) is 0. The third-order valence-corrected chi connectivity index (χ3v) is 3.95. The fourth-order valence-electron chi connectivity index (χ4n) is 2.73. The molecule has 1 aromatic carbocycles. The predicted molar refractivity (Wildman–Crippen MR) is 77.6 cm³/mol. The van der Waals surface area contributed by atoms with Crippen LogP contribution in [0.3, 0.4) is 0 Å². The van der Waals surface area contributed by atoms with Crippen LogP contribution >= 0.6 is 0 Å². The van der Waals surface area contributed by atoms with Gasteiger partial charge in [-0.05, 0) is 56.9 Å². The van der Waals surface area contributed by atoms with Gasteiger partial charge in [0.05, 0.1) is 0 Å². The van der Waals surface area contributed by atoms with Gasteiger partial charge in [-0.3, -0.25) is 4.90 Å². The fourth-order valence-corrected chi connectivity index (χ4v) is 2.73. The van der Waals surface area contributed by atoms with Gasteiger partial charge in [0.25, 0.3) is 0 Å². The Morgan fingerprint density at radius 3 is 2.78 bits per heavy atom. The van der Waals surface area contributed by atoms with Crippen molar-refractivity contribution in [1.29, 1.82) is 0 Å². The van der Waals surface area contributed by atoms with Crippen molar-refractivity contribution < 1.29 is 0 Å². The van der Waals surface area contributed by atoms with Crippen molar-refractivity contribution in [2.45, 2.75) is 32.7 Å². The molecule has 2 nitrogen and oxygen atoms in total. The van der Waals surface area contributed by atoms with Crippen molar-refractivity contribution in [2.75, 3.05) is 26.2 Å². The van der Waals surface area contributed by atoms with Crippen LogP contribution in [0.4, 0.5) is 0 Å². The van der Waals surface area contributed by atoms with Crippen LogP contribution in [-0.4, -0.2) is 31.1 Å². The summed E-state index contributed by atoms with van der Waals surface area (Å²) in [4.78, 5) is 2.56. The number of hydrogen-bond donors (Lipinski definition) is 1. The topological polar surface area (TPSA) is 15.3 Å². The SMILES string of the molecule is CCN(CCC1CCCNC1)Cc1ccccc1. The van der Waals surface area contributed by atoms with E-state index in [-0.39, 0.29) is 0 Å². The second-order valence-corrected chi connectivity index (χ2v) is 5.36. The van der Waals surface area contributed by atoms with Crippen LogP contribution in [0.5, 0.6) is 0 Å². The monoisotopic (exact) mass is 246 g/mol. The molecule has 1 aromatic rings. The van der Waals surface area contributed by atoms with Crippen molar-refractivity contribution in [1.82, 2.24) is 10.2 Å². The third kappa shape index (κ3) is 4.43. The second-order valence-electron chi connectivity index (χ2n) is 5.36. The zero-order valence-electron chi connectivity index (χ0n) is 11.6. The van der Waals surface area contributed by atoms with E-state index in [4.69, 9.17) is 0 Å². The van der Waals surface area contributed by atoms with Gasteiger partial charge in [0.15, 0.2) is 0 Å². The Labute approximate surface area is 111 Å². The van der Waals surface area contributed by atoms with Crippen LogP contribution in [0.25, 0.3) is 0 Å². The standard InChI is InChI=1S/C16H26N2/c1-2-18(14-16-7-4-3-5-8-16)12-10-15-9-6-11-17-13-15/h3-5,7-8,15,17H,2,6,9-14H2,1H3. The molecule has 2 rings (SSSR count). The van der Waals surface area contributed by atoms with Crippen LogP contribution in [0.15, 0.2) is 30.3 Å². The lowest BCUT2D eigenvalue weighted by Gasteiger charge is -2.26. The summed E-state index contributed by atoms with van der Waals surface area (Å²) in [6.07, 6.45) is 4.11. The average molecular weight is 246 g/mol. The maximum Gasteiger partial charge on any atom is 0.0233 e. The molecule has 0 radical (unpaired) electrons. The molecule has 1 unspecified atom stereocenters. The highest BCUT2D eigenvalue weighted by Gasteiger charge is 2.14. The van der Waals surface area contributed by atoms with E-state index >= 15 is 0 Å². The summed E-state index contributed by atoms with van der Waals surface area (Å²) in [5, 5.41) is 3.51. The molecule has 1 atom stereocenters. The highest BCUT2D eigenvalue weighted by atomic mass is 15.1. The molecule has 0 spiro atoms. The molecule has 0 bridgehead atoms. The Hall–Kier alpha value is -0.860. The molecule has 1 heterocycles. The van der Waals surface area contributed by atoms with Gasteiger partial charge >= 0.3 is 0 Å². The summed E-state index contributed by atoms with van der Waals surface area (Å²) in [5.74, 6) is 0.892. The Morgan fingerprint density at radius 1 is 1.28 bits per heavy atom. The molecule has 0 saturated carbocycles. The van der Waals surface area contributed by atoms with E-state index in [0.717, 1.165) is 19.0 Å². The van der Waals surface area contributed by atoms with E-state index in [2.05, 4.69) is 47.5 Å². The number of rotatable bonds is 6. The first kappa shape index (κ1) is 13.6. The van der Waals surface area contributed by atoms with Gasteiger partial charge in [0, 0.05) is 6.54 Å². The van der Waals surface area contributed by atoms with Gasteiger partial charge in [0.2, 0.25) is 0 Å². The summed E-state index contributed by atoms with van der Waals surface area (Å²) in [5.41, 5.74) is 1.43. The zero-order valence-corrected chi connectivity index (χ0v) is 11.6. The second kappa shape index (κ2) is 7.55. The van der Waals surface area contributed by atoms with Crippen LogP contribution in [-0.2, 0) is 6.54 Å². The van der Waals surface area contributed by atoms with Crippen LogP contribution < -0.4 is 5.32 Å². The van der Waals surface area contributed by atoms with Crippen molar-refractivity contribution in [3.05, 3.63) is 35.9 Å². The molecule has 1 aliphatic rings. The van der Waals surface area contributed by atoms with E-state index in [1.165, 1.54) is 44.5 Å². The minimum absolute atomic E-state index is 0.892. The summed E-state index contributed by atoms with van der Waals surface area (Å²) >= 11 is 0. The normalized spacial score (nSPS) is 20.2. The summed E-state index contributed by atoms with van der Waals surface area (Å²) < 4.78 is 0. The quantitative estimate of drug-likeness (QED) is 0.830. The number of hydrogen-bond acceptors (Lipinski definition) is 2. The molecule has 0 amide bonds. The molecule has 1 aliphatic heterocycles. The van der Waals surface area contributed by atoms with Gasteiger partial charge in [0.1, 0.15) is 0 Å². The predicted octanol–water partition coefficient (Wildman–Crippen LogP) is 2.90. The number of piperidine rings is 1. The minimum Gasteiger partial charge on any atom is -0.316 e.